The number of carboxylic acid groups (broad SMARTS) is 3. The SMILES string of the molecule is C[C@@H](NC(=O)C1CCC(CCC(=O)CN2CCN(CC(=O)O)CCN(CC(=O)O)CCN(CC(=O)O)CC2)CC1)C(=O)N1CCC[C@H]1B(O)O. The molecule has 50 heavy (non-hydrogen) atoms. The number of hydrogen-bond acceptors (Lipinski definition) is 12. The Labute approximate surface area is 293 Å². The molecule has 0 aromatic rings. The minimum Gasteiger partial charge on any atom is -0.480 e. The first-order valence-corrected chi connectivity index (χ1v) is 17.7. The summed E-state index contributed by atoms with van der Waals surface area (Å²) in [6, 6.07) is -0.776. The lowest BCUT2D eigenvalue weighted by Crippen LogP contribution is -2.53. The first-order valence-electron chi connectivity index (χ1n) is 17.7. The van der Waals surface area contributed by atoms with Crippen LogP contribution in [-0.4, -0.2) is 190 Å². The smallest absolute Gasteiger partial charge is 0.475 e. The molecule has 2 atom stereocenters. The summed E-state index contributed by atoms with van der Waals surface area (Å²) in [5.41, 5.74) is 0. The van der Waals surface area contributed by atoms with Crippen LogP contribution in [0.5, 0.6) is 0 Å². The maximum absolute atomic E-state index is 13.2. The molecule has 2 saturated heterocycles. The maximum atomic E-state index is 13.2. The third kappa shape index (κ3) is 14.2. The third-order valence-corrected chi connectivity index (χ3v) is 10.1. The fraction of sp³-hybridized carbons (Fsp3) is 0.812. The molecule has 1 saturated carbocycles. The van der Waals surface area contributed by atoms with E-state index in [1.165, 1.54) is 4.90 Å². The van der Waals surface area contributed by atoms with Gasteiger partial charge in [0.25, 0.3) is 0 Å². The second-order valence-electron chi connectivity index (χ2n) is 14.0. The Morgan fingerprint density at radius 2 is 1.10 bits per heavy atom. The first kappa shape index (κ1) is 41.3. The molecule has 0 unspecified atom stereocenters. The number of nitrogens with zero attached hydrogens (tertiary/aromatic N) is 5. The number of hydrogen-bond donors (Lipinski definition) is 6. The zero-order valence-corrected chi connectivity index (χ0v) is 29.2. The van der Waals surface area contributed by atoms with Crippen molar-refractivity contribution >= 4 is 42.6 Å². The van der Waals surface area contributed by atoms with Gasteiger partial charge in [0.1, 0.15) is 11.8 Å². The van der Waals surface area contributed by atoms with Crippen LogP contribution in [0.3, 0.4) is 0 Å². The number of carbonyl (C=O) groups excluding carboxylic acids is 3. The van der Waals surface area contributed by atoms with Crippen molar-refractivity contribution in [3.05, 3.63) is 0 Å². The molecule has 2 aliphatic heterocycles. The lowest BCUT2D eigenvalue weighted by molar-refractivity contribution is -0.140. The molecule has 18 heteroatoms. The van der Waals surface area contributed by atoms with Crippen LogP contribution in [0.2, 0.25) is 0 Å². The summed E-state index contributed by atoms with van der Waals surface area (Å²) in [7, 11) is -1.62. The highest BCUT2D eigenvalue weighted by molar-refractivity contribution is 6.43. The summed E-state index contributed by atoms with van der Waals surface area (Å²) in [6.07, 6.45) is 5.02. The van der Waals surface area contributed by atoms with Gasteiger partial charge in [-0.1, -0.05) is 0 Å². The highest BCUT2D eigenvalue weighted by Crippen LogP contribution is 2.32. The molecule has 3 rings (SSSR count). The van der Waals surface area contributed by atoms with Crippen molar-refractivity contribution in [3.63, 3.8) is 0 Å². The normalized spacial score (nSPS) is 24.5. The number of likely N-dealkylation sites (tertiary alicyclic amines) is 1. The van der Waals surface area contributed by atoms with E-state index in [1.807, 2.05) is 4.90 Å². The summed E-state index contributed by atoms with van der Waals surface area (Å²) in [6.45, 7) is 4.16. The van der Waals surface area contributed by atoms with Crippen LogP contribution in [0.1, 0.15) is 58.3 Å². The molecule has 17 nitrogen and oxygen atoms in total. The van der Waals surface area contributed by atoms with Crippen molar-refractivity contribution in [2.75, 3.05) is 85.1 Å². The Bertz CT molecular complexity index is 1140. The monoisotopic (exact) mass is 710 g/mol. The Balaban J connectivity index is 1.48. The van der Waals surface area contributed by atoms with Gasteiger partial charge >= 0.3 is 25.0 Å². The summed E-state index contributed by atoms with van der Waals surface area (Å²) in [4.78, 5) is 81.9. The van der Waals surface area contributed by atoms with Gasteiger partial charge in [0, 0.05) is 71.2 Å². The molecule has 2 amide bonds. The summed E-state index contributed by atoms with van der Waals surface area (Å²) in [5.74, 6) is -4.16. The number of carboxylic acids is 3. The van der Waals surface area contributed by atoms with E-state index in [4.69, 9.17) is 0 Å². The topological polar surface area (TPSA) is 232 Å². The van der Waals surface area contributed by atoms with Crippen molar-refractivity contribution in [2.24, 2.45) is 11.8 Å². The number of Topliss-reactive ketones (excluding diaryl/α,β-unsaturated/α-hetero) is 1. The highest BCUT2D eigenvalue weighted by atomic mass is 16.4. The van der Waals surface area contributed by atoms with Crippen LogP contribution >= 0.6 is 0 Å². The van der Waals surface area contributed by atoms with E-state index in [0.29, 0.717) is 97.4 Å². The molecule has 3 fully saturated rings. The molecule has 0 spiro atoms. The van der Waals surface area contributed by atoms with Crippen LogP contribution in [0, 0.1) is 11.8 Å². The van der Waals surface area contributed by atoms with Gasteiger partial charge < -0.3 is 35.6 Å². The predicted molar refractivity (Wildman–Crippen MR) is 181 cm³/mol. The number of carbonyl (C=O) groups is 6. The minimum atomic E-state index is -1.62. The summed E-state index contributed by atoms with van der Waals surface area (Å²) in [5, 5.41) is 50.1. The lowest BCUT2D eigenvalue weighted by Gasteiger charge is -2.33. The van der Waals surface area contributed by atoms with Crippen LogP contribution < -0.4 is 5.32 Å². The molecule has 0 aromatic carbocycles. The van der Waals surface area contributed by atoms with E-state index in [9.17, 15) is 54.1 Å². The molecule has 1 aliphatic carbocycles. The van der Waals surface area contributed by atoms with Crippen LogP contribution in [-0.2, 0) is 28.8 Å². The zero-order chi connectivity index (χ0) is 36.8. The van der Waals surface area contributed by atoms with Crippen LogP contribution in [0.4, 0.5) is 0 Å². The second-order valence-corrected chi connectivity index (χ2v) is 14.0. The number of ketones is 1. The standard InChI is InChI=1S/C32H55BN6O11/c1-23(32(48)39-10-2-3-27(39)33(49)50)34-31(47)25-7-4-24(5-8-25)6-9-26(40)19-35-11-13-36(20-28(41)42)15-17-38(22-30(45)46)18-16-37(14-12-35)21-29(43)44/h23-25,27,49-50H,2-22H2,1H3,(H,34,47)(H,41,42)(H,43,44)(H,45,46)/t23-,24?,25?,27+/m1/s1. The number of aliphatic carboxylic acids is 3. The van der Waals surface area contributed by atoms with Gasteiger partial charge in [-0.2, -0.15) is 0 Å². The molecule has 0 aromatic heterocycles. The minimum absolute atomic E-state index is 0.0275. The van der Waals surface area contributed by atoms with E-state index in [0.717, 1.165) is 12.8 Å². The van der Waals surface area contributed by atoms with Gasteiger partial charge in [0.2, 0.25) is 11.8 Å². The van der Waals surface area contributed by atoms with Gasteiger partial charge in [-0.05, 0) is 57.8 Å². The maximum Gasteiger partial charge on any atom is 0.475 e. The predicted octanol–water partition coefficient (Wildman–Crippen LogP) is -1.87. The second kappa shape index (κ2) is 20.6. The van der Waals surface area contributed by atoms with Gasteiger partial charge in [-0.15, -0.1) is 0 Å². The number of amides is 2. The summed E-state index contributed by atoms with van der Waals surface area (Å²) < 4.78 is 0. The van der Waals surface area contributed by atoms with Crippen LogP contribution in [0.25, 0.3) is 0 Å². The number of nitrogens with one attached hydrogen (secondary N) is 1. The Kier molecular flexibility index (Phi) is 17.0. The van der Waals surface area contributed by atoms with E-state index in [-0.39, 0.29) is 55.6 Å². The summed E-state index contributed by atoms with van der Waals surface area (Å²) >= 11 is 0. The molecular formula is C32H55BN6O11. The average molecular weight is 711 g/mol. The number of rotatable bonds is 15. The molecule has 0 radical (unpaired) electrons. The fourth-order valence-electron chi connectivity index (χ4n) is 7.21. The van der Waals surface area contributed by atoms with E-state index in [2.05, 4.69) is 5.32 Å². The first-order chi connectivity index (χ1) is 23.7. The van der Waals surface area contributed by atoms with E-state index >= 15 is 0 Å². The van der Waals surface area contributed by atoms with Crippen molar-refractivity contribution < 1.29 is 54.1 Å². The van der Waals surface area contributed by atoms with Crippen molar-refractivity contribution in [3.8, 4) is 0 Å². The highest BCUT2D eigenvalue weighted by Gasteiger charge is 2.39. The largest absolute Gasteiger partial charge is 0.480 e. The fourth-order valence-corrected chi connectivity index (χ4v) is 7.21. The quantitative estimate of drug-likeness (QED) is 0.102. The van der Waals surface area contributed by atoms with Gasteiger partial charge in [-0.25, -0.2) is 0 Å². The van der Waals surface area contributed by atoms with Gasteiger partial charge in [0.15, 0.2) is 0 Å². The molecule has 282 valence electrons. The molecule has 6 N–H and O–H groups in total. The van der Waals surface area contributed by atoms with E-state index < -0.39 is 37.0 Å². The third-order valence-electron chi connectivity index (χ3n) is 10.1. The van der Waals surface area contributed by atoms with Crippen molar-refractivity contribution in [2.45, 2.75) is 70.3 Å². The molecule has 2 heterocycles. The lowest BCUT2D eigenvalue weighted by atomic mass is 9.77. The zero-order valence-electron chi connectivity index (χ0n) is 29.2. The molecular weight excluding hydrogens is 655 g/mol. The van der Waals surface area contributed by atoms with E-state index in [1.54, 1.807) is 21.6 Å². The molecule has 0 bridgehead atoms. The van der Waals surface area contributed by atoms with Gasteiger partial charge in [0.05, 0.1) is 32.1 Å². The molecule has 3 aliphatic rings. The van der Waals surface area contributed by atoms with Gasteiger partial charge in [-0.3, -0.25) is 48.4 Å². The van der Waals surface area contributed by atoms with Crippen LogP contribution in [0.15, 0.2) is 0 Å². The Morgan fingerprint density at radius 1 is 0.660 bits per heavy atom. The Morgan fingerprint density at radius 3 is 1.52 bits per heavy atom. The van der Waals surface area contributed by atoms with Crippen molar-refractivity contribution in [1.29, 1.82) is 0 Å². The van der Waals surface area contributed by atoms with Crippen molar-refractivity contribution in [1.82, 2.24) is 29.8 Å². The average Bonchev–Trinajstić information content (AvgIpc) is 3.55. The Hall–Kier alpha value is -3.16.